The Labute approximate surface area is 178 Å². The lowest BCUT2D eigenvalue weighted by Gasteiger charge is -2.56. The van der Waals surface area contributed by atoms with E-state index in [0.29, 0.717) is 17.4 Å². The van der Waals surface area contributed by atoms with Crippen molar-refractivity contribution < 1.29 is 17.5 Å². The van der Waals surface area contributed by atoms with E-state index in [1.807, 2.05) is 0 Å². The van der Waals surface area contributed by atoms with Crippen LogP contribution in [0.15, 0.2) is 12.1 Å². The summed E-state index contributed by atoms with van der Waals surface area (Å²) in [4.78, 5) is 0. The van der Waals surface area contributed by atoms with E-state index < -0.39 is 22.1 Å². The van der Waals surface area contributed by atoms with Crippen molar-refractivity contribution in [3.8, 4) is 5.75 Å². The van der Waals surface area contributed by atoms with Gasteiger partial charge in [-0.25, -0.2) is 4.39 Å². The summed E-state index contributed by atoms with van der Waals surface area (Å²) in [5, 5.41) is 0.307. The predicted octanol–water partition coefficient (Wildman–Crippen LogP) is 4.53. The van der Waals surface area contributed by atoms with Crippen LogP contribution in [0.4, 0.5) is 4.39 Å². The fourth-order valence-corrected chi connectivity index (χ4v) is 7.09. The molecule has 5 rings (SSSR count). The molecule has 29 heavy (non-hydrogen) atoms. The molecule has 1 atom stereocenters. The zero-order valence-electron chi connectivity index (χ0n) is 17.2. The Bertz CT molecular complexity index is 855. The van der Waals surface area contributed by atoms with Crippen molar-refractivity contribution in [1.82, 2.24) is 9.03 Å². The maximum Gasteiger partial charge on any atom is 0.279 e. The molecule has 0 radical (unpaired) electrons. The van der Waals surface area contributed by atoms with Gasteiger partial charge in [-0.05, 0) is 69.3 Å². The van der Waals surface area contributed by atoms with Crippen LogP contribution < -0.4 is 9.46 Å². The van der Waals surface area contributed by atoms with E-state index in [9.17, 15) is 12.8 Å². The summed E-state index contributed by atoms with van der Waals surface area (Å²) < 4.78 is 48.3. The molecule has 0 aliphatic heterocycles. The van der Waals surface area contributed by atoms with Crippen molar-refractivity contribution in [2.45, 2.75) is 51.5 Å². The first-order chi connectivity index (χ1) is 13.6. The van der Waals surface area contributed by atoms with Gasteiger partial charge in [-0.2, -0.15) is 17.4 Å². The Balaban J connectivity index is 1.46. The van der Waals surface area contributed by atoms with Crippen molar-refractivity contribution in [3.05, 3.63) is 28.5 Å². The number of benzene rings is 1. The fourth-order valence-electron chi connectivity index (χ4n) is 6.08. The van der Waals surface area contributed by atoms with Gasteiger partial charge >= 0.3 is 0 Å². The van der Waals surface area contributed by atoms with Gasteiger partial charge in [0.1, 0.15) is 11.6 Å². The molecule has 5 nitrogen and oxygen atoms in total. The highest BCUT2D eigenvalue weighted by molar-refractivity contribution is 7.87. The number of hydrogen-bond acceptors (Lipinski definition) is 3. The molecular weight excluding hydrogens is 415 g/mol. The van der Waals surface area contributed by atoms with Gasteiger partial charge in [-0.1, -0.05) is 11.6 Å². The molecule has 4 saturated carbocycles. The van der Waals surface area contributed by atoms with Gasteiger partial charge in [0.15, 0.2) is 0 Å². The fraction of sp³-hybridized carbons (Fsp3) is 0.714. The van der Waals surface area contributed by atoms with Crippen molar-refractivity contribution in [3.63, 3.8) is 0 Å². The van der Waals surface area contributed by atoms with E-state index in [0.717, 1.165) is 22.1 Å². The second kappa shape index (κ2) is 7.66. The van der Waals surface area contributed by atoms with Crippen LogP contribution in [-0.2, 0) is 10.2 Å². The van der Waals surface area contributed by atoms with Gasteiger partial charge in [-0.3, -0.25) is 0 Å². The lowest BCUT2D eigenvalue weighted by atomic mass is 9.50. The second-order valence-electron chi connectivity index (χ2n) is 9.64. The smallest absolute Gasteiger partial charge is 0.279 e. The highest BCUT2D eigenvalue weighted by Gasteiger charge is 2.51. The third-order valence-corrected chi connectivity index (χ3v) is 8.93. The first kappa shape index (κ1) is 21.3. The third kappa shape index (κ3) is 4.29. The van der Waals surface area contributed by atoms with Crippen LogP contribution in [-0.4, -0.2) is 33.4 Å². The van der Waals surface area contributed by atoms with E-state index in [1.54, 1.807) is 6.92 Å². The molecule has 1 unspecified atom stereocenters. The van der Waals surface area contributed by atoms with Crippen LogP contribution in [0.2, 0.25) is 5.02 Å². The van der Waals surface area contributed by atoms with E-state index >= 15 is 0 Å². The minimum Gasteiger partial charge on any atom is -0.491 e. The van der Waals surface area contributed by atoms with Crippen molar-refractivity contribution in [2.24, 2.45) is 23.2 Å². The summed E-state index contributed by atoms with van der Waals surface area (Å²) in [5.74, 6) is 2.29. The van der Waals surface area contributed by atoms with Crippen LogP contribution in [0.25, 0.3) is 0 Å². The van der Waals surface area contributed by atoms with Crippen LogP contribution >= 0.6 is 11.6 Å². The molecule has 0 amide bonds. The third-order valence-electron chi connectivity index (χ3n) is 7.02. The van der Waals surface area contributed by atoms with Gasteiger partial charge < -0.3 is 4.74 Å². The molecule has 1 aromatic carbocycles. The second-order valence-corrected chi connectivity index (χ2v) is 12.0. The molecule has 1 N–H and O–H groups in total. The van der Waals surface area contributed by atoms with Crippen LogP contribution in [0.1, 0.15) is 57.1 Å². The summed E-state index contributed by atoms with van der Waals surface area (Å²) in [7, 11) is -0.846. The molecule has 162 valence electrons. The maximum atomic E-state index is 14.8. The first-order valence-corrected chi connectivity index (χ1v) is 12.2. The molecule has 4 fully saturated rings. The first-order valence-electron chi connectivity index (χ1n) is 10.4. The van der Waals surface area contributed by atoms with Crippen molar-refractivity contribution >= 4 is 21.8 Å². The summed E-state index contributed by atoms with van der Waals surface area (Å²) in [5.41, 5.74) is 0.407. The van der Waals surface area contributed by atoms with Gasteiger partial charge in [0.05, 0.1) is 11.6 Å². The summed E-state index contributed by atoms with van der Waals surface area (Å²) in [6.45, 7) is 2.17. The lowest BCUT2D eigenvalue weighted by molar-refractivity contribution is -0.0745. The van der Waals surface area contributed by atoms with Crippen LogP contribution in [0, 0.1) is 29.0 Å². The van der Waals surface area contributed by atoms with Crippen LogP contribution in [0.3, 0.4) is 0 Å². The average molecular weight is 445 g/mol. The lowest BCUT2D eigenvalue weighted by Crippen LogP contribution is -2.48. The van der Waals surface area contributed by atoms with E-state index in [2.05, 4.69) is 4.72 Å². The number of halogens is 2. The molecule has 0 heterocycles. The van der Waals surface area contributed by atoms with Gasteiger partial charge in [-0.15, -0.1) is 0 Å². The molecule has 1 aromatic rings. The molecule has 8 heteroatoms. The molecule has 0 spiro atoms. The minimum absolute atomic E-state index is 0.197. The molecule has 0 saturated heterocycles. The van der Waals surface area contributed by atoms with Crippen LogP contribution in [0.5, 0.6) is 5.75 Å². The summed E-state index contributed by atoms with van der Waals surface area (Å²) >= 11 is 6.39. The van der Waals surface area contributed by atoms with Gasteiger partial charge in [0.2, 0.25) is 0 Å². The molecular formula is C21H30ClFN2O3S. The van der Waals surface area contributed by atoms with E-state index in [1.165, 1.54) is 64.8 Å². The van der Waals surface area contributed by atoms with Gasteiger partial charge in [0.25, 0.3) is 10.2 Å². The Morgan fingerprint density at radius 3 is 2.28 bits per heavy atom. The quantitative estimate of drug-likeness (QED) is 0.672. The normalized spacial score (nSPS) is 32.0. The van der Waals surface area contributed by atoms with Crippen molar-refractivity contribution in [2.75, 3.05) is 20.7 Å². The molecule has 0 aromatic heterocycles. The maximum absolute atomic E-state index is 14.8. The molecule has 4 aliphatic rings. The SMILES string of the molecule is CC(NS(=O)(=O)N(C)C)c1cc(Cl)c(OCC23CC4CC(CC(C4)C2)C3)cc1F. The zero-order chi connectivity index (χ0) is 21.0. The predicted molar refractivity (Wildman–Crippen MR) is 112 cm³/mol. The zero-order valence-corrected chi connectivity index (χ0v) is 18.8. The highest BCUT2D eigenvalue weighted by atomic mass is 35.5. The number of rotatable bonds is 7. The topological polar surface area (TPSA) is 58.6 Å². The standard InChI is InChI=1S/C21H30ClFN2O3S/c1-13(24-29(26,27)25(2)3)17-7-18(22)20(8-19(17)23)28-12-21-9-14-4-15(10-21)6-16(5-14)11-21/h7-8,13-16,24H,4-6,9-12H2,1-3H3. The number of ether oxygens (including phenoxy) is 1. The average Bonchev–Trinajstić information content (AvgIpc) is 2.60. The number of nitrogens with zero attached hydrogens (tertiary/aromatic N) is 1. The summed E-state index contributed by atoms with van der Waals surface area (Å²) in [6, 6.07) is 2.00. The van der Waals surface area contributed by atoms with E-state index in [4.69, 9.17) is 16.3 Å². The summed E-state index contributed by atoms with van der Waals surface area (Å²) in [6.07, 6.45) is 7.72. The molecule has 4 aliphatic carbocycles. The Hall–Kier alpha value is -0.890. The number of nitrogens with one attached hydrogen (secondary N) is 1. The Kier molecular flexibility index (Phi) is 5.64. The molecule has 4 bridgehead atoms. The largest absolute Gasteiger partial charge is 0.491 e. The highest BCUT2D eigenvalue weighted by Crippen LogP contribution is 2.60. The Morgan fingerprint density at radius 2 is 1.76 bits per heavy atom. The van der Waals surface area contributed by atoms with Gasteiger partial charge in [0, 0.05) is 37.2 Å². The van der Waals surface area contributed by atoms with E-state index in [-0.39, 0.29) is 11.0 Å². The number of hydrogen-bond donors (Lipinski definition) is 1. The minimum atomic E-state index is -3.68. The monoisotopic (exact) mass is 444 g/mol. The Morgan fingerprint density at radius 1 is 1.21 bits per heavy atom. The van der Waals surface area contributed by atoms with Crippen molar-refractivity contribution in [1.29, 1.82) is 0 Å².